The fourth-order valence-corrected chi connectivity index (χ4v) is 2.89. The second kappa shape index (κ2) is 6.98. The van der Waals surface area contributed by atoms with Gasteiger partial charge < -0.3 is 15.2 Å². The number of hydrogen-bond donors (Lipinski definition) is 2. The molecule has 2 N–H and O–H groups in total. The molecule has 0 bridgehead atoms. The number of ether oxygens (including phenoxy) is 1. The van der Waals surface area contributed by atoms with Gasteiger partial charge in [0.2, 0.25) is 0 Å². The third kappa shape index (κ3) is 4.44. The molecule has 0 heterocycles. The topological polar surface area (TPSA) is 41.5 Å². The van der Waals surface area contributed by atoms with E-state index in [0.29, 0.717) is 12.1 Å². The van der Waals surface area contributed by atoms with E-state index in [0.717, 1.165) is 37.8 Å². The first kappa shape index (κ1) is 17.2. The summed E-state index contributed by atoms with van der Waals surface area (Å²) in [6.07, 6.45) is -0.949. The van der Waals surface area contributed by atoms with Gasteiger partial charge in [-0.1, -0.05) is 25.0 Å². The van der Waals surface area contributed by atoms with Gasteiger partial charge in [0.15, 0.2) is 0 Å². The Balaban J connectivity index is 2.10. The maximum absolute atomic E-state index is 12.8. The summed E-state index contributed by atoms with van der Waals surface area (Å²) in [5.41, 5.74) is -0.918. The fourth-order valence-electron chi connectivity index (χ4n) is 2.89. The van der Waals surface area contributed by atoms with E-state index in [2.05, 4.69) is 5.32 Å². The summed E-state index contributed by atoms with van der Waals surface area (Å²) >= 11 is 0. The minimum Gasteiger partial charge on any atom is -0.389 e. The molecule has 2 rings (SSSR count). The Hall–Kier alpha value is -1.11. The highest BCUT2D eigenvalue weighted by Crippen LogP contribution is 2.32. The maximum atomic E-state index is 12.8. The van der Waals surface area contributed by atoms with Gasteiger partial charge in [-0.15, -0.1) is 0 Å². The third-order valence-corrected chi connectivity index (χ3v) is 4.16. The summed E-state index contributed by atoms with van der Waals surface area (Å²) in [5.74, 6) is 0. The van der Waals surface area contributed by atoms with Crippen molar-refractivity contribution >= 4 is 0 Å². The van der Waals surface area contributed by atoms with Crippen molar-refractivity contribution in [3.63, 3.8) is 0 Å². The Morgan fingerprint density at radius 2 is 2.00 bits per heavy atom. The molecular formula is C16H22F3NO2. The molecular weight excluding hydrogens is 295 g/mol. The van der Waals surface area contributed by atoms with E-state index in [1.807, 2.05) is 0 Å². The maximum Gasteiger partial charge on any atom is 0.416 e. The normalized spacial score (nSPS) is 19.3. The predicted octanol–water partition coefficient (Wildman–Crippen LogP) is 3.29. The lowest BCUT2D eigenvalue weighted by atomic mass is 10.00. The summed E-state index contributed by atoms with van der Waals surface area (Å²) < 4.78 is 43.6. The zero-order valence-corrected chi connectivity index (χ0v) is 12.6. The first-order valence-electron chi connectivity index (χ1n) is 7.46. The Bertz CT molecular complexity index is 485. The first-order chi connectivity index (χ1) is 10.3. The van der Waals surface area contributed by atoms with Crippen molar-refractivity contribution in [1.82, 2.24) is 5.32 Å². The lowest BCUT2D eigenvalue weighted by Crippen LogP contribution is -2.40. The summed E-state index contributed by atoms with van der Waals surface area (Å²) in [7, 11) is 1.51. The number of alkyl halides is 3. The molecule has 0 aliphatic heterocycles. The van der Waals surface area contributed by atoms with Gasteiger partial charge in [-0.2, -0.15) is 13.2 Å². The zero-order valence-electron chi connectivity index (χ0n) is 12.6. The molecule has 0 amide bonds. The van der Waals surface area contributed by atoms with Gasteiger partial charge in [0, 0.05) is 13.7 Å². The van der Waals surface area contributed by atoms with Crippen LogP contribution in [0.3, 0.4) is 0 Å². The smallest absolute Gasteiger partial charge is 0.389 e. The highest BCUT2D eigenvalue weighted by atomic mass is 19.4. The number of rotatable bonds is 6. The van der Waals surface area contributed by atoms with Crippen molar-refractivity contribution in [3.8, 4) is 0 Å². The average molecular weight is 317 g/mol. The summed E-state index contributed by atoms with van der Waals surface area (Å²) in [6, 6.07) is 4.85. The molecule has 0 radical (unpaired) electrons. The van der Waals surface area contributed by atoms with Crippen LogP contribution in [0.4, 0.5) is 13.2 Å². The Labute approximate surface area is 128 Å². The van der Waals surface area contributed by atoms with Gasteiger partial charge in [-0.25, -0.2) is 0 Å². The predicted molar refractivity (Wildman–Crippen MR) is 77.5 cm³/mol. The quantitative estimate of drug-likeness (QED) is 0.846. The van der Waals surface area contributed by atoms with Crippen LogP contribution in [-0.4, -0.2) is 31.0 Å². The SMILES string of the molecule is COCC(NCC1(O)CCCC1)c1cccc(C(F)(F)F)c1. The molecule has 124 valence electrons. The second-order valence-corrected chi connectivity index (χ2v) is 5.94. The fraction of sp³-hybridized carbons (Fsp3) is 0.625. The lowest BCUT2D eigenvalue weighted by Gasteiger charge is -2.27. The number of halogens is 3. The monoisotopic (exact) mass is 317 g/mol. The van der Waals surface area contributed by atoms with Gasteiger partial charge in [-0.05, 0) is 30.5 Å². The van der Waals surface area contributed by atoms with Crippen molar-refractivity contribution < 1.29 is 23.0 Å². The van der Waals surface area contributed by atoms with Crippen molar-refractivity contribution in [2.24, 2.45) is 0 Å². The van der Waals surface area contributed by atoms with Crippen LogP contribution in [0.5, 0.6) is 0 Å². The molecule has 1 saturated carbocycles. The van der Waals surface area contributed by atoms with E-state index in [1.54, 1.807) is 6.07 Å². The molecule has 0 spiro atoms. The molecule has 1 unspecified atom stereocenters. The Morgan fingerprint density at radius 3 is 2.59 bits per heavy atom. The van der Waals surface area contributed by atoms with E-state index in [4.69, 9.17) is 4.74 Å². The number of benzene rings is 1. The van der Waals surface area contributed by atoms with Gasteiger partial charge in [0.25, 0.3) is 0 Å². The van der Waals surface area contributed by atoms with Crippen LogP contribution in [0.25, 0.3) is 0 Å². The highest BCUT2D eigenvalue weighted by Gasteiger charge is 2.33. The molecule has 1 aliphatic carbocycles. The molecule has 6 heteroatoms. The van der Waals surface area contributed by atoms with Gasteiger partial charge in [0.1, 0.15) is 0 Å². The molecule has 3 nitrogen and oxygen atoms in total. The average Bonchev–Trinajstić information content (AvgIpc) is 2.90. The molecule has 1 atom stereocenters. The standard InChI is InChI=1S/C16H22F3NO2/c1-22-10-14(20-11-15(21)7-2-3-8-15)12-5-4-6-13(9-12)16(17,18)19/h4-6,9,14,20-21H,2-3,7-8,10-11H2,1H3. The van der Waals surface area contributed by atoms with Crippen molar-refractivity contribution in [2.45, 2.75) is 43.5 Å². The minimum atomic E-state index is -4.36. The zero-order chi connectivity index (χ0) is 16.2. The number of nitrogens with one attached hydrogen (secondary N) is 1. The van der Waals surface area contributed by atoms with Crippen LogP contribution >= 0.6 is 0 Å². The van der Waals surface area contributed by atoms with Gasteiger partial charge >= 0.3 is 6.18 Å². The van der Waals surface area contributed by atoms with Crippen LogP contribution in [0, 0.1) is 0 Å². The third-order valence-electron chi connectivity index (χ3n) is 4.16. The molecule has 1 aromatic carbocycles. The minimum absolute atomic E-state index is 0.247. The van der Waals surface area contributed by atoms with Crippen LogP contribution < -0.4 is 5.32 Å². The second-order valence-electron chi connectivity index (χ2n) is 5.94. The number of hydrogen-bond acceptors (Lipinski definition) is 3. The van der Waals surface area contributed by atoms with Crippen LogP contribution in [0.15, 0.2) is 24.3 Å². The van der Waals surface area contributed by atoms with E-state index >= 15 is 0 Å². The highest BCUT2D eigenvalue weighted by molar-refractivity contribution is 5.28. The van der Waals surface area contributed by atoms with E-state index in [9.17, 15) is 18.3 Å². The number of methoxy groups -OCH3 is 1. The molecule has 1 aliphatic rings. The molecule has 22 heavy (non-hydrogen) atoms. The van der Waals surface area contributed by atoms with Crippen LogP contribution in [0.1, 0.15) is 42.9 Å². The molecule has 1 aromatic rings. The molecule has 0 aromatic heterocycles. The van der Waals surface area contributed by atoms with Crippen molar-refractivity contribution in [3.05, 3.63) is 35.4 Å². The van der Waals surface area contributed by atoms with Gasteiger partial charge in [-0.3, -0.25) is 0 Å². The van der Waals surface area contributed by atoms with Crippen molar-refractivity contribution in [1.29, 1.82) is 0 Å². The van der Waals surface area contributed by atoms with Gasteiger partial charge in [0.05, 0.1) is 23.8 Å². The summed E-state index contributed by atoms with van der Waals surface area (Å²) in [4.78, 5) is 0. The Kier molecular flexibility index (Phi) is 5.47. The Morgan fingerprint density at radius 1 is 1.32 bits per heavy atom. The van der Waals surface area contributed by atoms with Crippen molar-refractivity contribution in [2.75, 3.05) is 20.3 Å². The van der Waals surface area contributed by atoms with E-state index in [1.165, 1.54) is 13.2 Å². The van der Waals surface area contributed by atoms with Crippen LogP contribution in [-0.2, 0) is 10.9 Å². The van der Waals surface area contributed by atoms with E-state index < -0.39 is 17.3 Å². The molecule has 1 fully saturated rings. The largest absolute Gasteiger partial charge is 0.416 e. The lowest BCUT2D eigenvalue weighted by molar-refractivity contribution is -0.137. The number of aliphatic hydroxyl groups is 1. The summed E-state index contributed by atoms with van der Waals surface area (Å²) in [5, 5.41) is 13.5. The van der Waals surface area contributed by atoms with E-state index in [-0.39, 0.29) is 12.6 Å². The molecule has 0 saturated heterocycles. The first-order valence-corrected chi connectivity index (χ1v) is 7.46. The van der Waals surface area contributed by atoms with Crippen LogP contribution in [0.2, 0.25) is 0 Å². The summed E-state index contributed by atoms with van der Waals surface area (Å²) in [6.45, 7) is 0.606.